The molecule has 3 atom stereocenters. The van der Waals surface area contributed by atoms with E-state index in [9.17, 15) is 0 Å². The number of hydrogen-bond acceptors (Lipinski definition) is 1. The molecule has 3 aromatic carbocycles. The second-order valence-corrected chi connectivity index (χ2v) is 7.26. The van der Waals surface area contributed by atoms with Crippen molar-refractivity contribution in [1.29, 1.82) is 0 Å². The fourth-order valence-electron chi connectivity index (χ4n) is 4.13. The van der Waals surface area contributed by atoms with Crippen molar-refractivity contribution >= 4 is 21.6 Å². The molecule has 0 aliphatic carbocycles. The number of benzene rings is 3. The van der Waals surface area contributed by atoms with Crippen LogP contribution in [0.4, 0.5) is 5.69 Å². The van der Waals surface area contributed by atoms with Crippen LogP contribution in [0.5, 0.6) is 0 Å². The highest BCUT2D eigenvalue weighted by atomic mass is 79.9. The summed E-state index contributed by atoms with van der Waals surface area (Å²) in [6.45, 7) is 0. The number of fused-ring (bicyclic) bond motifs is 3. The zero-order valence-corrected chi connectivity index (χ0v) is 14.1. The minimum atomic E-state index is 0.473. The Bertz CT molecular complexity index is 857. The molecule has 3 aromatic rings. The van der Waals surface area contributed by atoms with E-state index < -0.39 is 0 Å². The van der Waals surface area contributed by atoms with E-state index in [1.807, 2.05) is 0 Å². The molecule has 112 valence electrons. The van der Waals surface area contributed by atoms with Gasteiger partial charge in [0, 0.05) is 16.1 Å². The van der Waals surface area contributed by atoms with Gasteiger partial charge in [-0.2, -0.15) is 0 Å². The van der Waals surface area contributed by atoms with E-state index >= 15 is 0 Å². The maximum absolute atomic E-state index is 3.54. The summed E-state index contributed by atoms with van der Waals surface area (Å²) in [4.78, 5) is 2.58. The number of hydrogen-bond donors (Lipinski definition) is 0. The van der Waals surface area contributed by atoms with Crippen LogP contribution < -0.4 is 4.90 Å². The van der Waals surface area contributed by atoms with Crippen molar-refractivity contribution < 1.29 is 0 Å². The van der Waals surface area contributed by atoms with Crippen LogP contribution >= 0.6 is 15.9 Å². The Labute approximate surface area is 144 Å². The molecular weight excluding hydrogens is 346 g/mol. The van der Waals surface area contributed by atoms with Gasteiger partial charge in [0.25, 0.3) is 0 Å². The van der Waals surface area contributed by atoms with Crippen LogP contribution in [-0.2, 0) is 0 Å². The van der Waals surface area contributed by atoms with E-state index in [0.717, 1.165) is 4.47 Å². The summed E-state index contributed by atoms with van der Waals surface area (Å²) in [7, 11) is 0. The first-order chi connectivity index (χ1) is 11.3. The van der Waals surface area contributed by atoms with Gasteiger partial charge in [0.1, 0.15) is 0 Å². The summed E-state index contributed by atoms with van der Waals surface area (Å²) in [6, 6.07) is 29.6. The molecule has 2 heterocycles. The molecule has 0 spiro atoms. The molecule has 0 radical (unpaired) electrons. The van der Waals surface area contributed by atoms with Crippen LogP contribution in [0.3, 0.4) is 0 Å². The molecule has 0 aromatic heterocycles. The van der Waals surface area contributed by atoms with E-state index in [4.69, 9.17) is 0 Å². The monoisotopic (exact) mass is 361 g/mol. The van der Waals surface area contributed by atoms with Crippen LogP contribution in [-0.4, -0.2) is 6.04 Å². The van der Waals surface area contributed by atoms with Crippen LogP contribution in [0.15, 0.2) is 83.3 Å². The van der Waals surface area contributed by atoms with Gasteiger partial charge in [0.2, 0.25) is 0 Å². The quantitative estimate of drug-likeness (QED) is 0.542. The molecule has 3 unspecified atom stereocenters. The van der Waals surface area contributed by atoms with Gasteiger partial charge in [-0.15, -0.1) is 0 Å². The van der Waals surface area contributed by atoms with E-state index in [1.165, 1.54) is 22.4 Å². The molecule has 0 saturated carbocycles. The SMILES string of the molecule is Brc1ccc(C2C3C(c4ccccc4)c4ccccc4N23)cc1. The zero-order valence-electron chi connectivity index (χ0n) is 12.6. The van der Waals surface area contributed by atoms with Gasteiger partial charge in [-0.25, -0.2) is 0 Å². The lowest BCUT2D eigenvalue weighted by Gasteiger charge is -2.16. The Hall–Kier alpha value is -2.06. The van der Waals surface area contributed by atoms with Gasteiger partial charge in [-0.3, -0.25) is 0 Å². The first-order valence-corrected chi connectivity index (χ1v) is 8.81. The predicted octanol–water partition coefficient (Wildman–Crippen LogP) is 5.52. The van der Waals surface area contributed by atoms with Crippen molar-refractivity contribution in [3.05, 3.63) is 100 Å². The largest absolute Gasteiger partial charge is 0.356 e. The average molecular weight is 362 g/mol. The Morgan fingerprint density at radius 1 is 0.696 bits per heavy atom. The van der Waals surface area contributed by atoms with Gasteiger partial charge in [-0.05, 0) is 34.9 Å². The first-order valence-electron chi connectivity index (χ1n) is 8.02. The van der Waals surface area contributed by atoms with E-state index in [-0.39, 0.29) is 0 Å². The number of anilines is 1. The molecule has 0 N–H and O–H groups in total. The lowest BCUT2D eigenvalue weighted by molar-refractivity contribution is 0.796. The molecule has 2 heteroatoms. The van der Waals surface area contributed by atoms with Crippen LogP contribution in [0.25, 0.3) is 0 Å². The summed E-state index contributed by atoms with van der Waals surface area (Å²) in [5.74, 6) is 0.473. The second kappa shape index (κ2) is 4.97. The van der Waals surface area contributed by atoms with Crippen molar-refractivity contribution in [2.75, 3.05) is 4.90 Å². The number of halogens is 1. The average Bonchev–Trinajstić information content (AvgIpc) is 3.23. The lowest BCUT2D eigenvalue weighted by atomic mass is 9.86. The number of para-hydroxylation sites is 1. The molecule has 2 aliphatic rings. The highest BCUT2D eigenvalue weighted by Gasteiger charge is 2.59. The molecule has 5 rings (SSSR count). The summed E-state index contributed by atoms with van der Waals surface area (Å²) >= 11 is 3.54. The summed E-state index contributed by atoms with van der Waals surface area (Å²) < 4.78 is 1.14. The van der Waals surface area contributed by atoms with E-state index in [0.29, 0.717) is 18.0 Å². The highest BCUT2D eigenvalue weighted by molar-refractivity contribution is 9.10. The van der Waals surface area contributed by atoms with Crippen molar-refractivity contribution in [2.45, 2.75) is 18.0 Å². The molecule has 1 saturated heterocycles. The summed E-state index contributed by atoms with van der Waals surface area (Å²) in [5.41, 5.74) is 5.71. The summed E-state index contributed by atoms with van der Waals surface area (Å²) in [5, 5.41) is 0. The molecule has 23 heavy (non-hydrogen) atoms. The zero-order chi connectivity index (χ0) is 15.4. The van der Waals surface area contributed by atoms with Crippen molar-refractivity contribution in [2.24, 2.45) is 0 Å². The lowest BCUT2D eigenvalue weighted by Crippen LogP contribution is -2.06. The van der Waals surface area contributed by atoms with Crippen LogP contribution in [0.2, 0.25) is 0 Å². The highest BCUT2D eigenvalue weighted by Crippen LogP contribution is 2.62. The predicted molar refractivity (Wildman–Crippen MR) is 97.9 cm³/mol. The Balaban J connectivity index is 1.60. The van der Waals surface area contributed by atoms with Gasteiger partial charge in [0.15, 0.2) is 0 Å². The number of rotatable bonds is 2. The van der Waals surface area contributed by atoms with Crippen LogP contribution in [0.1, 0.15) is 28.7 Å². The third-order valence-electron chi connectivity index (χ3n) is 5.12. The van der Waals surface area contributed by atoms with Gasteiger partial charge < -0.3 is 4.90 Å². The van der Waals surface area contributed by atoms with Crippen molar-refractivity contribution in [1.82, 2.24) is 0 Å². The van der Waals surface area contributed by atoms with Crippen molar-refractivity contribution in [3.8, 4) is 0 Å². The second-order valence-electron chi connectivity index (χ2n) is 6.34. The fourth-order valence-corrected chi connectivity index (χ4v) is 4.39. The van der Waals surface area contributed by atoms with E-state index in [1.54, 1.807) is 0 Å². The van der Waals surface area contributed by atoms with Gasteiger partial charge in [-0.1, -0.05) is 76.6 Å². The molecular formula is C21H16BrN. The minimum absolute atomic E-state index is 0.473. The Kier molecular flexibility index (Phi) is 2.89. The standard InChI is InChI=1S/C21H16BrN/c22-16-12-10-15(11-13-16)20-21-19(14-6-2-1-3-7-14)17-8-4-5-9-18(17)23(20)21/h1-13,19-21H. The first kappa shape index (κ1) is 13.4. The van der Waals surface area contributed by atoms with Crippen LogP contribution in [0, 0.1) is 0 Å². The molecule has 1 nitrogen and oxygen atoms in total. The normalized spacial score (nSPS) is 24.2. The molecule has 0 amide bonds. The molecule has 1 fully saturated rings. The van der Waals surface area contributed by atoms with E-state index in [2.05, 4.69) is 99.7 Å². The summed E-state index contributed by atoms with van der Waals surface area (Å²) in [6.07, 6.45) is 0. The minimum Gasteiger partial charge on any atom is -0.356 e. The topological polar surface area (TPSA) is 3.01 Å². The molecule has 0 bridgehead atoms. The molecule has 2 aliphatic heterocycles. The number of nitrogens with zero attached hydrogens (tertiary/aromatic N) is 1. The van der Waals surface area contributed by atoms with Gasteiger partial charge >= 0.3 is 0 Å². The van der Waals surface area contributed by atoms with Gasteiger partial charge in [0.05, 0.1) is 12.1 Å². The third-order valence-corrected chi connectivity index (χ3v) is 5.65. The maximum Gasteiger partial charge on any atom is 0.0760 e. The maximum atomic E-state index is 3.54. The Morgan fingerprint density at radius 3 is 2.17 bits per heavy atom. The smallest absolute Gasteiger partial charge is 0.0760 e. The Morgan fingerprint density at radius 2 is 1.39 bits per heavy atom. The fraction of sp³-hybridized carbons (Fsp3) is 0.143. The van der Waals surface area contributed by atoms with Crippen molar-refractivity contribution in [3.63, 3.8) is 0 Å². The third kappa shape index (κ3) is 1.98.